The molecule has 3 rings (SSSR count). The van der Waals surface area contributed by atoms with E-state index in [4.69, 9.17) is 0 Å². The van der Waals surface area contributed by atoms with Crippen LogP contribution < -0.4 is 14.9 Å². The van der Waals surface area contributed by atoms with Crippen LogP contribution in [0.1, 0.15) is 5.56 Å². The predicted octanol–water partition coefficient (Wildman–Crippen LogP) is -0.0438. The van der Waals surface area contributed by atoms with Crippen molar-refractivity contribution in [2.24, 2.45) is 4.99 Å². The molecule has 0 N–H and O–H groups in total. The normalized spacial score (nSPS) is 15.1. The highest BCUT2D eigenvalue weighted by atomic mass is 32.1. The lowest BCUT2D eigenvalue weighted by Gasteiger charge is -2.23. The summed E-state index contributed by atoms with van der Waals surface area (Å²) in [6.45, 7) is 1.88. The molecular formula is C16H17N3O3S. The van der Waals surface area contributed by atoms with Crippen LogP contribution in [0.15, 0.2) is 40.1 Å². The molecule has 7 heteroatoms. The van der Waals surface area contributed by atoms with Crippen LogP contribution in [0.2, 0.25) is 0 Å². The molecule has 2 heterocycles. The maximum atomic E-state index is 12.3. The maximum absolute atomic E-state index is 12.3. The number of nitrogens with zero attached hydrogens (tertiary/aromatic N) is 3. The first-order chi connectivity index (χ1) is 11.2. The van der Waals surface area contributed by atoms with E-state index in [0.29, 0.717) is 22.7 Å². The van der Waals surface area contributed by atoms with Gasteiger partial charge in [-0.3, -0.25) is 14.3 Å². The Morgan fingerprint density at radius 2 is 2.17 bits per heavy atom. The van der Waals surface area contributed by atoms with Gasteiger partial charge in [-0.15, -0.1) is 0 Å². The molecule has 2 aromatic rings. The summed E-state index contributed by atoms with van der Waals surface area (Å²) in [5.74, 6) is -0.526. The van der Waals surface area contributed by atoms with Crippen LogP contribution in [0.3, 0.4) is 0 Å². The number of carbonyl (C=O) groups excluding carboxylic acids is 1. The molecule has 120 valence electrons. The van der Waals surface area contributed by atoms with Crippen molar-refractivity contribution >= 4 is 23.4 Å². The number of thiazole rings is 1. The van der Waals surface area contributed by atoms with Gasteiger partial charge in [0.15, 0.2) is 4.80 Å². The molecule has 0 bridgehead atoms. The summed E-state index contributed by atoms with van der Waals surface area (Å²) in [4.78, 5) is 30.8. The van der Waals surface area contributed by atoms with Crippen molar-refractivity contribution < 1.29 is 9.53 Å². The highest BCUT2D eigenvalue weighted by Crippen LogP contribution is 2.03. The average Bonchev–Trinajstić information content (AvgIpc) is 2.89. The molecule has 0 unspecified atom stereocenters. The van der Waals surface area contributed by atoms with Crippen LogP contribution in [-0.2, 0) is 22.6 Å². The Kier molecular flexibility index (Phi) is 4.68. The second kappa shape index (κ2) is 6.89. The number of benzene rings is 1. The standard InChI is InChI=1S/C16H17N3O3S/c1-22-14(20)9-13-15(21)19-11-18(10-17-16(19)23-13)8-7-12-5-3-2-4-6-12/h2-6,9H,7-8,10-11H2,1H3/b13-9+. The zero-order valence-corrected chi connectivity index (χ0v) is 13.6. The van der Waals surface area contributed by atoms with Crippen molar-refractivity contribution in [3.63, 3.8) is 0 Å². The summed E-state index contributed by atoms with van der Waals surface area (Å²) in [5, 5.41) is 0. The van der Waals surface area contributed by atoms with Crippen LogP contribution in [0, 0.1) is 0 Å². The van der Waals surface area contributed by atoms with Gasteiger partial charge in [0.05, 0.1) is 20.4 Å². The first kappa shape index (κ1) is 15.6. The Morgan fingerprint density at radius 1 is 1.39 bits per heavy atom. The van der Waals surface area contributed by atoms with Crippen LogP contribution in [0.5, 0.6) is 0 Å². The zero-order chi connectivity index (χ0) is 16.2. The van der Waals surface area contributed by atoms with Crippen molar-refractivity contribution in [3.8, 4) is 0 Å². The van der Waals surface area contributed by atoms with Crippen molar-refractivity contribution in [1.82, 2.24) is 9.47 Å². The van der Waals surface area contributed by atoms with Gasteiger partial charge in [0.2, 0.25) is 0 Å². The molecular weight excluding hydrogens is 314 g/mol. The summed E-state index contributed by atoms with van der Waals surface area (Å²) in [7, 11) is 1.29. The van der Waals surface area contributed by atoms with Crippen molar-refractivity contribution in [1.29, 1.82) is 0 Å². The van der Waals surface area contributed by atoms with E-state index in [2.05, 4.69) is 26.8 Å². The number of rotatable bonds is 4. The molecule has 0 saturated carbocycles. The highest BCUT2D eigenvalue weighted by molar-refractivity contribution is 7.07. The number of ether oxygens (including phenoxy) is 1. The molecule has 1 aliphatic rings. The molecule has 6 nitrogen and oxygen atoms in total. The molecule has 1 aromatic heterocycles. The summed E-state index contributed by atoms with van der Waals surface area (Å²) >= 11 is 1.22. The number of esters is 1. The van der Waals surface area contributed by atoms with E-state index < -0.39 is 5.97 Å². The first-order valence-electron chi connectivity index (χ1n) is 7.27. The van der Waals surface area contributed by atoms with E-state index in [1.54, 1.807) is 4.57 Å². The maximum Gasteiger partial charge on any atom is 0.332 e. The smallest absolute Gasteiger partial charge is 0.332 e. The van der Waals surface area contributed by atoms with E-state index >= 15 is 0 Å². The summed E-state index contributed by atoms with van der Waals surface area (Å²) < 4.78 is 6.54. The van der Waals surface area contributed by atoms with E-state index in [9.17, 15) is 9.59 Å². The SMILES string of the molecule is COC(=O)/C=c1/sc2n(c1=O)CN(CCc1ccccc1)CN=2. The molecule has 1 aliphatic heterocycles. The number of aromatic nitrogens is 1. The Hall–Kier alpha value is -2.25. The van der Waals surface area contributed by atoms with Crippen molar-refractivity contribution in [3.05, 3.63) is 55.6 Å². The first-order valence-corrected chi connectivity index (χ1v) is 8.09. The van der Waals surface area contributed by atoms with Gasteiger partial charge in [-0.05, 0) is 12.0 Å². The minimum atomic E-state index is -0.526. The zero-order valence-electron chi connectivity index (χ0n) is 12.8. The van der Waals surface area contributed by atoms with Gasteiger partial charge in [0, 0.05) is 12.6 Å². The average molecular weight is 331 g/mol. The number of hydrogen-bond donors (Lipinski definition) is 0. The molecule has 0 radical (unpaired) electrons. The number of methoxy groups -OCH3 is 1. The van der Waals surface area contributed by atoms with Gasteiger partial charge < -0.3 is 4.74 Å². The monoisotopic (exact) mass is 331 g/mol. The molecule has 0 saturated heterocycles. The van der Waals surface area contributed by atoms with Crippen LogP contribution in [0.25, 0.3) is 6.08 Å². The van der Waals surface area contributed by atoms with Gasteiger partial charge in [0.1, 0.15) is 4.53 Å². The molecule has 0 atom stereocenters. The van der Waals surface area contributed by atoms with Crippen LogP contribution in [-0.4, -0.2) is 35.8 Å². The van der Waals surface area contributed by atoms with E-state index in [-0.39, 0.29) is 5.56 Å². The topological polar surface area (TPSA) is 63.9 Å². The fraction of sp³-hybridized carbons (Fsp3) is 0.312. The summed E-state index contributed by atoms with van der Waals surface area (Å²) in [5.41, 5.74) is 1.07. The van der Waals surface area contributed by atoms with E-state index in [1.165, 1.54) is 30.1 Å². The lowest BCUT2D eigenvalue weighted by Crippen LogP contribution is -2.43. The quantitative estimate of drug-likeness (QED) is 0.738. The van der Waals surface area contributed by atoms with Gasteiger partial charge in [-0.2, -0.15) is 0 Å². The second-order valence-electron chi connectivity index (χ2n) is 5.22. The fourth-order valence-corrected chi connectivity index (χ4v) is 3.32. The van der Waals surface area contributed by atoms with Gasteiger partial charge in [-0.1, -0.05) is 41.7 Å². The number of fused-ring (bicyclic) bond motifs is 1. The minimum absolute atomic E-state index is 0.191. The highest BCUT2D eigenvalue weighted by Gasteiger charge is 2.15. The van der Waals surface area contributed by atoms with Gasteiger partial charge >= 0.3 is 5.97 Å². The van der Waals surface area contributed by atoms with E-state index in [1.807, 2.05) is 18.2 Å². The fourth-order valence-electron chi connectivity index (χ4n) is 2.40. The third-order valence-corrected chi connectivity index (χ3v) is 4.69. The Morgan fingerprint density at radius 3 is 2.91 bits per heavy atom. The van der Waals surface area contributed by atoms with E-state index in [0.717, 1.165) is 13.0 Å². The summed E-state index contributed by atoms with van der Waals surface area (Å²) in [6, 6.07) is 10.2. The molecule has 0 fully saturated rings. The lowest BCUT2D eigenvalue weighted by molar-refractivity contribution is -0.133. The second-order valence-corrected chi connectivity index (χ2v) is 6.23. The van der Waals surface area contributed by atoms with Gasteiger partial charge in [-0.25, -0.2) is 9.79 Å². The van der Waals surface area contributed by atoms with Crippen LogP contribution in [0.4, 0.5) is 0 Å². The molecule has 0 amide bonds. The minimum Gasteiger partial charge on any atom is -0.466 e. The molecule has 0 aliphatic carbocycles. The van der Waals surface area contributed by atoms with Crippen molar-refractivity contribution in [2.45, 2.75) is 13.1 Å². The largest absolute Gasteiger partial charge is 0.466 e. The van der Waals surface area contributed by atoms with Crippen molar-refractivity contribution in [2.75, 3.05) is 20.3 Å². The van der Waals surface area contributed by atoms with Crippen LogP contribution >= 0.6 is 11.3 Å². The number of hydrogen-bond acceptors (Lipinski definition) is 6. The third-order valence-electron chi connectivity index (χ3n) is 3.65. The molecule has 1 aromatic carbocycles. The summed E-state index contributed by atoms with van der Waals surface area (Å²) in [6.07, 6.45) is 2.13. The third kappa shape index (κ3) is 3.57. The number of carbonyl (C=O) groups is 1. The Balaban J connectivity index is 1.75. The Labute approximate surface area is 137 Å². The Bertz CT molecular complexity index is 870. The molecule has 0 spiro atoms. The predicted molar refractivity (Wildman–Crippen MR) is 87.6 cm³/mol. The molecule has 23 heavy (non-hydrogen) atoms. The lowest BCUT2D eigenvalue weighted by atomic mass is 10.1. The van der Waals surface area contributed by atoms with Gasteiger partial charge in [0.25, 0.3) is 5.56 Å².